The molecule has 1 aromatic carbocycles. The minimum atomic E-state index is -0.658. The maximum Gasteiger partial charge on any atom is 0.313 e. The number of halogens is 1. The summed E-state index contributed by atoms with van der Waals surface area (Å²) in [5.41, 5.74) is 0.550. The van der Waals surface area contributed by atoms with E-state index in [9.17, 15) is 9.59 Å². The van der Waals surface area contributed by atoms with Gasteiger partial charge in [-0.1, -0.05) is 18.0 Å². The Hall–Kier alpha value is -1.59. The Kier molecular flexibility index (Phi) is 6.21. The normalized spacial score (nSPS) is 18.7. The van der Waals surface area contributed by atoms with E-state index in [1.165, 1.54) is 19.3 Å². The number of likely N-dealkylation sites (tertiary alicyclic amines) is 1. The summed E-state index contributed by atoms with van der Waals surface area (Å²) >= 11 is 5.77. The highest BCUT2D eigenvalue weighted by Crippen LogP contribution is 2.15. The van der Waals surface area contributed by atoms with Gasteiger partial charge < -0.3 is 10.6 Å². The number of anilines is 1. The maximum absolute atomic E-state index is 11.8. The fourth-order valence-corrected chi connectivity index (χ4v) is 2.73. The van der Waals surface area contributed by atoms with Gasteiger partial charge in [0.15, 0.2) is 0 Å². The van der Waals surface area contributed by atoms with Gasteiger partial charge in [-0.2, -0.15) is 0 Å². The lowest BCUT2D eigenvalue weighted by atomic mass is 10.0. The Balaban J connectivity index is 1.72. The quantitative estimate of drug-likeness (QED) is 0.836. The highest BCUT2D eigenvalue weighted by Gasteiger charge is 2.18. The van der Waals surface area contributed by atoms with Crippen LogP contribution in [0, 0.1) is 0 Å². The summed E-state index contributed by atoms with van der Waals surface area (Å²) in [6, 6.07) is 7.18. The summed E-state index contributed by atoms with van der Waals surface area (Å²) in [6.45, 7) is 4.53. The molecule has 1 heterocycles. The summed E-state index contributed by atoms with van der Waals surface area (Å²) in [5.74, 6) is -1.27. The van der Waals surface area contributed by atoms with Crippen LogP contribution in [0.1, 0.15) is 26.2 Å². The smallest absolute Gasteiger partial charge is 0.313 e. The van der Waals surface area contributed by atoms with Gasteiger partial charge in [0.25, 0.3) is 0 Å². The van der Waals surface area contributed by atoms with Crippen LogP contribution in [0.5, 0.6) is 0 Å². The SMILES string of the molecule is CC1CCCCN1CCNC(=O)C(=O)Nc1ccc(Cl)cc1. The summed E-state index contributed by atoms with van der Waals surface area (Å²) in [7, 11) is 0. The van der Waals surface area contributed by atoms with Gasteiger partial charge in [0, 0.05) is 29.8 Å². The number of carbonyl (C=O) groups is 2. The molecule has 1 saturated heterocycles. The first-order chi connectivity index (χ1) is 10.6. The lowest BCUT2D eigenvalue weighted by molar-refractivity contribution is -0.136. The summed E-state index contributed by atoms with van der Waals surface area (Å²) in [4.78, 5) is 25.9. The van der Waals surface area contributed by atoms with Gasteiger partial charge in [-0.3, -0.25) is 14.5 Å². The first-order valence-electron chi connectivity index (χ1n) is 7.65. The Morgan fingerprint density at radius 2 is 1.95 bits per heavy atom. The molecule has 1 aliphatic rings. The first-order valence-corrected chi connectivity index (χ1v) is 8.03. The molecule has 1 fully saturated rings. The van der Waals surface area contributed by atoms with Gasteiger partial charge in [0.05, 0.1) is 0 Å². The molecule has 5 nitrogen and oxygen atoms in total. The van der Waals surface area contributed by atoms with Crippen molar-refractivity contribution in [2.24, 2.45) is 0 Å². The number of piperidine rings is 1. The number of hydrogen-bond donors (Lipinski definition) is 2. The van der Waals surface area contributed by atoms with Crippen LogP contribution in [0.4, 0.5) is 5.69 Å². The van der Waals surface area contributed by atoms with Crippen molar-refractivity contribution >= 4 is 29.1 Å². The van der Waals surface area contributed by atoms with Gasteiger partial charge in [-0.25, -0.2) is 0 Å². The summed E-state index contributed by atoms with van der Waals surface area (Å²) < 4.78 is 0. The van der Waals surface area contributed by atoms with Gasteiger partial charge in [-0.15, -0.1) is 0 Å². The van der Waals surface area contributed by atoms with Crippen LogP contribution in [0.3, 0.4) is 0 Å². The molecule has 0 saturated carbocycles. The molecular formula is C16H22ClN3O2. The third-order valence-corrected chi connectivity index (χ3v) is 4.19. The highest BCUT2D eigenvalue weighted by atomic mass is 35.5. The van der Waals surface area contributed by atoms with Gasteiger partial charge in [-0.05, 0) is 50.6 Å². The molecule has 0 aliphatic carbocycles. The standard InChI is InChI=1S/C16H22ClN3O2/c1-12-4-2-3-10-20(12)11-9-18-15(21)16(22)19-14-7-5-13(17)6-8-14/h5-8,12H,2-4,9-11H2,1H3,(H,18,21)(H,19,22). The highest BCUT2D eigenvalue weighted by molar-refractivity contribution is 6.39. The minimum Gasteiger partial charge on any atom is -0.347 e. The molecule has 2 N–H and O–H groups in total. The van der Waals surface area contributed by atoms with Crippen molar-refractivity contribution in [2.75, 3.05) is 25.0 Å². The number of benzene rings is 1. The van der Waals surface area contributed by atoms with Crippen LogP contribution in [0.15, 0.2) is 24.3 Å². The Morgan fingerprint density at radius 1 is 1.23 bits per heavy atom. The molecule has 22 heavy (non-hydrogen) atoms. The maximum atomic E-state index is 11.8. The van der Waals surface area contributed by atoms with E-state index in [-0.39, 0.29) is 0 Å². The fourth-order valence-electron chi connectivity index (χ4n) is 2.60. The zero-order chi connectivity index (χ0) is 15.9. The second-order valence-corrected chi connectivity index (χ2v) is 6.03. The van der Waals surface area contributed by atoms with Crippen molar-refractivity contribution in [2.45, 2.75) is 32.2 Å². The lowest BCUT2D eigenvalue weighted by Gasteiger charge is -2.33. The molecule has 0 radical (unpaired) electrons. The van der Waals surface area contributed by atoms with E-state index in [1.54, 1.807) is 24.3 Å². The van der Waals surface area contributed by atoms with Gasteiger partial charge in [0.1, 0.15) is 0 Å². The van der Waals surface area contributed by atoms with E-state index in [0.717, 1.165) is 13.1 Å². The predicted octanol–water partition coefficient (Wildman–Crippen LogP) is 2.27. The van der Waals surface area contributed by atoms with Crippen LogP contribution < -0.4 is 10.6 Å². The van der Waals surface area contributed by atoms with E-state index in [1.807, 2.05) is 0 Å². The van der Waals surface area contributed by atoms with Crippen LogP contribution >= 0.6 is 11.6 Å². The fraction of sp³-hybridized carbons (Fsp3) is 0.500. The van der Waals surface area contributed by atoms with E-state index < -0.39 is 11.8 Å². The first kappa shape index (κ1) is 16.8. The molecule has 6 heteroatoms. The number of rotatable bonds is 4. The monoisotopic (exact) mass is 323 g/mol. The number of amides is 2. The zero-order valence-corrected chi connectivity index (χ0v) is 13.5. The average molecular weight is 324 g/mol. The van der Waals surface area contributed by atoms with Gasteiger partial charge in [0.2, 0.25) is 0 Å². The summed E-state index contributed by atoms with van der Waals surface area (Å²) in [5, 5.41) is 5.79. The number of nitrogens with zero attached hydrogens (tertiary/aromatic N) is 1. The Bertz CT molecular complexity index is 519. The molecule has 1 aromatic rings. The molecular weight excluding hydrogens is 302 g/mol. The predicted molar refractivity (Wildman–Crippen MR) is 88.0 cm³/mol. The number of carbonyl (C=O) groups excluding carboxylic acids is 2. The molecule has 120 valence electrons. The van der Waals surface area contributed by atoms with E-state index in [2.05, 4.69) is 22.5 Å². The second-order valence-electron chi connectivity index (χ2n) is 5.60. The molecule has 2 rings (SSSR count). The molecule has 2 amide bonds. The lowest BCUT2D eigenvalue weighted by Crippen LogP contribution is -2.44. The van der Waals surface area contributed by atoms with E-state index >= 15 is 0 Å². The van der Waals surface area contributed by atoms with E-state index in [4.69, 9.17) is 11.6 Å². The van der Waals surface area contributed by atoms with Crippen LogP contribution in [0.25, 0.3) is 0 Å². The van der Waals surface area contributed by atoms with Crippen molar-refractivity contribution in [3.63, 3.8) is 0 Å². The molecule has 1 aliphatic heterocycles. The molecule has 1 atom stereocenters. The van der Waals surface area contributed by atoms with E-state index in [0.29, 0.717) is 23.3 Å². The molecule has 0 bridgehead atoms. The summed E-state index contributed by atoms with van der Waals surface area (Å²) in [6.07, 6.45) is 3.67. The number of hydrogen-bond acceptors (Lipinski definition) is 3. The van der Waals surface area contributed by atoms with Crippen LogP contribution in [-0.4, -0.2) is 42.4 Å². The topological polar surface area (TPSA) is 61.4 Å². The van der Waals surface area contributed by atoms with Crippen molar-refractivity contribution in [1.29, 1.82) is 0 Å². The third-order valence-electron chi connectivity index (χ3n) is 3.93. The largest absolute Gasteiger partial charge is 0.347 e. The number of nitrogens with one attached hydrogen (secondary N) is 2. The minimum absolute atomic E-state index is 0.483. The third kappa shape index (κ3) is 5.00. The average Bonchev–Trinajstić information content (AvgIpc) is 2.51. The zero-order valence-electron chi connectivity index (χ0n) is 12.8. The Morgan fingerprint density at radius 3 is 2.64 bits per heavy atom. The molecule has 0 spiro atoms. The molecule has 1 unspecified atom stereocenters. The van der Waals surface area contributed by atoms with Gasteiger partial charge >= 0.3 is 11.8 Å². The van der Waals surface area contributed by atoms with Crippen molar-refractivity contribution in [3.8, 4) is 0 Å². The second kappa shape index (κ2) is 8.15. The van der Waals surface area contributed by atoms with Crippen LogP contribution in [0.2, 0.25) is 5.02 Å². The van der Waals surface area contributed by atoms with Crippen molar-refractivity contribution in [1.82, 2.24) is 10.2 Å². The van der Waals surface area contributed by atoms with Crippen LogP contribution in [-0.2, 0) is 9.59 Å². The van der Waals surface area contributed by atoms with Crippen molar-refractivity contribution < 1.29 is 9.59 Å². The van der Waals surface area contributed by atoms with Crippen molar-refractivity contribution in [3.05, 3.63) is 29.3 Å². The Labute approximate surface area is 136 Å². The molecule has 0 aromatic heterocycles.